The van der Waals surface area contributed by atoms with Gasteiger partial charge in [0, 0.05) is 17.5 Å². The van der Waals surface area contributed by atoms with Crippen LogP contribution in [0.15, 0.2) is 71.1 Å². The first-order valence-electron chi connectivity index (χ1n) is 10.7. The molecule has 1 fully saturated rings. The molecule has 1 aromatic heterocycles. The average molecular weight is 415 g/mol. The SMILES string of the molecule is Oc1ccc2oc(-c3cc(OCCN4CCCC4)c(O)cc3-c3ccccc3)cc2c1. The lowest BCUT2D eigenvalue weighted by atomic mass is 9.97. The second kappa shape index (κ2) is 8.36. The van der Waals surface area contributed by atoms with Crippen LogP contribution in [-0.2, 0) is 0 Å². The van der Waals surface area contributed by atoms with Crippen molar-refractivity contribution >= 4 is 11.0 Å². The van der Waals surface area contributed by atoms with E-state index in [4.69, 9.17) is 9.15 Å². The number of furan rings is 1. The molecule has 1 aliphatic rings. The van der Waals surface area contributed by atoms with E-state index in [1.165, 1.54) is 12.8 Å². The molecule has 0 spiro atoms. The largest absolute Gasteiger partial charge is 0.508 e. The van der Waals surface area contributed by atoms with Gasteiger partial charge in [-0.05, 0) is 73.5 Å². The average Bonchev–Trinajstić information content (AvgIpc) is 3.44. The maximum Gasteiger partial charge on any atom is 0.161 e. The van der Waals surface area contributed by atoms with Crippen LogP contribution in [0, 0.1) is 0 Å². The zero-order chi connectivity index (χ0) is 21.2. The fourth-order valence-electron chi connectivity index (χ4n) is 4.20. The van der Waals surface area contributed by atoms with Crippen LogP contribution in [0.25, 0.3) is 33.4 Å². The Bertz CT molecular complexity index is 1190. The summed E-state index contributed by atoms with van der Waals surface area (Å²) in [5.41, 5.74) is 3.35. The highest BCUT2D eigenvalue weighted by atomic mass is 16.5. The number of benzene rings is 3. The van der Waals surface area contributed by atoms with Crippen LogP contribution in [0.1, 0.15) is 12.8 Å². The van der Waals surface area contributed by atoms with E-state index in [0.717, 1.165) is 41.7 Å². The molecule has 2 heterocycles. The summed E-state index contributed by atoms with van der Waals surface area (Å²) in [6.07, 6.45) is 2.48. The van der Waals surface area contributed by atoms with Crippen molar-refractivity contribution in [2.24, 2.45) is 0 Å². The summed E-state index contributed by atoms with van der Waals surface area (Å²) in [5, 5.41) is 21.3. The molecular formula is C26H25NO4. The molecule has 0 aliphatic carbocycles. The molecule has 0 atom stereocenters. The van der Waals surface area contributed by atoms with E-state index in [0.29, 0.717) is 23.7 Å². The summed E-state index contributed by atoms with van der Waals surface area (Å²) in [4.78, 5) is 2.38. The molecule has 0 unspecified atom stereocenters. The number of hydrogen-bond acceptors (Lipinski definition) is 5. The molecule has 3 aromatic carbocycles. The predicted octanol–water partition coefficient (Wildman–Crippen LogP) is 5.65. The minimum atomic E-state index is 0.109. The second-order valence-corrected chi connectivity index (χ2v) is 7.96. The third-order valence-corrected chi connectivity index (χ3v) is 5.81. The van der Waals surface area contributed by atoms with E-state index < -0.39 is 0 Å². The van der Waals surface area contributed by atoms with Gasteiger partial charge in [0.1, 0.15) is 23.7 Å². The Hall–Kier alpha value is -3.44. The topological polar surface area (TPSA) is 66.1 Å². The van der Waals surface area contributed by atoms with Crippen molar-refractivity contribution in [1.29, 1.82) is 0 Å². The molecule has 158 valence electrons. The number of phenols is 2. The van der Waals surface area contributed by atoms with Gasteiger partial charge in [0.15, 0.2) is 11.5 Å². The molecule has 0 bridgehead atoms. The molecule has 1 saturated heterocycles. The van der Waals surface area contributed by atoms with Gasteiger partial charge in [-0.3, -0.25) is 4.90 Å². The zero-order valence-corrected chi connectivity index (χ0v) is 17.3. The van der Waals surface area contributed by atoms with Crippen LogP contribution in [0.3, 0.4) is 0 Å². The molecule has 4 aromatic rings. The van der Waals surface area contributed by atoms with Crippen molar-refractivity contribution in [2.75, 3.05) is 26.2 Å². The van der Waals surface area contributed by atoms with Gasteiger partial charge < -0.3 is 19.4 Å². The lowest BCUT2D eigenvalue weighted by Gasteiger charge is -2.17. The number of nitrogens with zero attached hydrogens (tertiary/aromatic N) is 1. The molecule has 31 heavy (non-hydrogen) atoms. The number of rotatable bonds is 6. The smallest absolute Gasteiger partial charge is 0.161 e. The molecule has 5 heteroatoms. The van der Waals surface area contributed by atoms with Gasteiger partial charge in [-0.15, -0.1) is 0 Å². The number of ether oxygens (including phenoxy) is 1. The summed E-state index contributed by atoms with van der Waals surface area (Å²) in [7, 11) is 0. The third-order valence-electron chi connectivity index (χ3n) is 5.81. The highest BCUT2D eigenvalue weighted by Gasteiger charge is 2.18. The number of phenolic OH excluding ortho intramolecular Hbond substituents is 2. The Morgan fingerprint density at radius 2 is 1.68 bits per heavy atom. The fraction of sp³-hybridized carbons (Fsp3) is 0.231. The van der Waals surface area contributed by atoms with Gasteiger partial charge in [-0.2, -0.15) is 0 Å². The van der Waals surface area contributed by atoms with Gasteiger partial charge in [0.2, 0.25) is 0 Å². The predicted molar refractivity (Wildman–Crippen MR) is 122 cm³/mol. The van der Waals surface area contributed by atoms with Crippen LogP contribution in [0.2, 0.25) is 0 Å². The zero-order valence-electron chi connectivity index (χ0n) is 17.3. The van der Waals surface area contributed by atoms with Gasteiger partial charge in [-0.25, -0.2) is 0 Å². The van der Waals surface area contributed by atoms with Gasteiger partial charge in [-0.1, -0.05) is 30.3 Å². The quantitative estimate of drug-likeness (QED) is 0.426. The van der Waals surface area contributed by atoms with Crippen LogP contribution in [0.5, 0.6) is 17.2 Å². The number of hydrogen-bond donors (Lipinski definition) is 2. The molecule has 5 nitrogen and oxygen atoms in total. The van der Waals surface area contributed by atoms with Crippen molar-refractivity contribution in [3.8, 4) is 39.7 Å². The maximum absolute atomic E-state index is 10.7. The summed E-state index contributed by atoms with van der Waals surface area (Å²) in [6, 6.07) is 20.4. The van der Waals surface area contributed by atoms with Crippen molar-refractivity contribution in [1.82, 2.24) is 4.90 Å². The van der Waals surface area contributed by atoms with E-state index in [1.807, 2.05) is 42.5 Å². The van der Waals surface area contributed by atoms with Crippen molar-refractivity contribution in [2.45, 2.75) is 12.8 Å². The van der Waals surface area contributed by atoms with E-state index >= 15 is 0 Å². The Morgan fingerprint density at radius 3 is 2.48 bits per heavy atom. The van der Waals surface area contributed by atoms with Gasteiger partial charge in [0.05, 0.1) is 0 Å². The van der Waals surface area contributed by atoms with E-state index in [9.17, 15) is 10.2 Å². The fourth-order valence-corrected chi connectivity index (χ4v) is 4.20. The van der Waals surface area contributed by atoms with Crippen LogP contribution in [0.4, 0.5) is 0 Å². The Morgan fingerprint density at radius 1 is 0.871 bits per heavy atom. The van der Waals surface area contributed by atoms with Gasteiger partial charge in [0.25, 0.3) is 0 Å². The number of fused-ring (bicyclic) bond motifs is 1. The van der Waals surface area contributed by atoms with Crippen LogP contribution >= 0.6 is 0 Å². The standard InChI is InChI=1S/C26H25NO4/c28-20-8-9-24-19(14-20)15-25(31-24)22-17-26(30-13-12-27-10-4-5-11-27)23(29)16-21(22)18-6-2-1-3-7-18/h1-3,6-9,14-17,28-29H,4-5,10-13H2. The Kier molecular flexibility index (Phi) is 5.26. The number of aromatic hydroxyl groups is 2. The summed E-state index contributed by atoms with van der Waals surface area (Å²) in [5.74, 6) is 1.40. The molecule has 0 saturated carbocycles. The lowest BCUT2D eigenvalue weighted by molar-refractivity contribution is 0.231. The molecule has 5 rings (SSSR count). The Balaban J connectivity index is 1.53. The minimum absolute atomic E-state index is 0.109. The van der Waals surface area contributed by atoms with E-state index in [2.05, 4.69) is 4.90 Å². The number of likely N-dealkylation sites (tertiary alicyclic amines) is 1. The molecule has 0 amide bonds. The highest BCUT2D eigenvalue weighted by Crippen LogP contribution is 2.42. The summed E-state index contributed by atoms with van der Waals surface area (Å²) in [6.45, 7) is 3.59. The minimum Gasteiger partial charge on any atom is -0.508 e. The molecule has 1 aliphatic heterocycles. The van der Waals surface area contributed by atoms with Crippen molar-refractivity contribution in [3.63, 3.8) is 0 Å². The lowest BCUT2D eigenvalue weighted by Crippen LogP contribution is -2.25. The van der Waals surface area contributed by atoms with Crippen LogP contribution < -0.4 is 4.74 Å². The van der Waals surface area contributed by atoms with E-state index in [1.54, 1.807) is 24.3 Å². The monoisotopic (exact) mass is 415 g/mol. The van der Waals surface area contributed by atoms with Crippen molar-refractivity contribution < 1.29 is 19.4 Å². The van der Waals surface area contributed by atoms with Crippen molar-refractivity contribution in [3.05, 3.63) is 66.7 Å². The first kappa shape index (κ1) is 19.5. The van der Waals surface area contributed by atoms with Gasteiger partial charge >= 0.3 is 0 Å². The summed E-state index contributed by atoms with van der Waals surface area (Å²) >= 11 is 0. The highest BCUT2D eigenvalue weighted by molar-refractivity contribution is 5.90. The second-order valence-electron chi connectivity index (χ2n) is 7.96. The first-order chi connectivity index (χ1) is 15.2. The third kappa shape index (κ3) is 4.09. The summed E-state index contributed by atoms with van der Waals surface area (Å²) < 4.78 is 12.1. The molecular weight excluding hydrogens is 390 g/mol. The first-order valence-corrected chi connectivity index (χ1v) is 10.7. The molecule has 2 N–H and O–H groups in total. The van der Waals surface area contributed by atoms with E-state index in [-0.39, 0.29) is 11.5 Å². The molecule has 0 radical (unpaired) electrons. The van der Waals surface area contributed by atoms with Crippen LogP contribution in [-0.4, -0.2) is 41.4 Å². The maximum atomic E-state index is 10.7. The Labute approximate surface area is 181 Å². The normalized spacial score (nSPS) is 14.3.